The van der Waals surface area contributed by atoms with Crippen LogP contribution in [-0.4, -0.2) is 36.2 Å². The molecule has 3 aromatic rings. The SMILES string of the molecule is CC(C)c1ccc2nc(NC(=O)C3CCCN3S(=O)(=O)c3ccc(Cl)cc3)sc2c1. The molecule has 1 N–H and O–H groups in total. The maximum absolute atomic E-state index is 13.0. The van der Waals surface area contributed by atoms with Crippen LogP contribution in [-0.2, 0) is 14.8 Å². The fourth-order valence-electron chi connectivity index (χ4n) is 3.57. The van der Waals surface area contributed by atoms with Crippen molar-refractivity contribution in [2.75, 3.05) is 11.9 Å². The minimum Gasteiger partial charge on any atom is -0.301 e. The Morgan fingerprint density at radius 2 is 1.97 bits per heavy atom. The molecule has 1 fully saturated rings. The monoisotopic (exact) mass is 463 g/mol. The molecule has 1 saturated heterocycles. The van der Waals surface area contributed by atoms with Gasteiger partial charge in [-0.05, 0) is 60.7 Å². The average Bonchev–Trinajstić information content (AvgIpc) is 3.34. The maximum atomic E-state index is 13.0. The Balaban J connectivity index is 1.55. The van der Waals surface area contributed by atoms with Crippen molar-refractivity contribution in [1.82, 2.24) is 9.29 Å². The third kappa shape index (κ3) is 4.09. The van der Waals surface area contributed by atoms with Gasteiger partial charge in [0.25, 0.3) is 0 Å². The van der Waals surface area contributed by atoms with Crippen LogP contribution in [0.4, 0.5) is 5.13 Å². The molecule has 0 aliphatic carbocycles. The van der Waals surface area contributed by atoms with Crippen LogP contribution in [0.5, 0.6) is 0 Å². The van der Waals surface area contributed by atoms with Crippen molar-refractivity contribution in [2.45, 2.75) is 43.5 Å². The van der Waals surface area contributed by atoms with Crippen molar-refractivity contribution in [3.63, 3.8) is 0 Å². The van der Waals surface area contributed by atoms with Gasteiger partial charge in [-0.1, -0.05) is 42.9 Å². The lowest BCUT2D eigenvalue weighted by molar-refractivity contribution is -0.119. The van der Waals surface area contributed by atoms with Crippen molar-refractivity contribution in [3.05, 3.63) is 53.1 Å². The predicted molar refractivity (Wildman–Crippen MR) is 121 cm³/mol. The van der Waals surface area contributed by atoms with Gasteiger partial charge in [0.1, 0.15) is 6.04 Å². The van der Waals surface area contributed by atoms with E-state index in [0.29, 0.717) is 35.5 Å². The molecule has 9 heteroatoms. The highest BCUT2D eigenvalue weighted by Crippen LogP contribution is 2.31. The first kappa shape index (κ1) is 21.2. The highest BCUT2D eigenvalue weighted by Gasteiger charge is 2.39. The van der Waals surface area contributed by atoms with E-state index in [1.807, 2.05) is 12.1 Å². The smallest absolute Gasteiger partial charge is 0.244 e. The standard InChI is InChI=1S/C21H22ClN3O3S2/c1-13(2)14-5-10-17-19(12-14)29-21(23-17)24-20(26)18-4-3-11-25(18)30(27,28)16-8-6-15(22)7-9-16/h5-10,12-13,18H,3-4,11H2,1-2H3,(H,23,24,26). The Morgan fingerprint density at radius 1 is 1.23 bits per heavy atom. The summed E-state index contributed by atoms with van der Waals surface area (Å²) in [6.07, 6.45) is 1.10. The number of sulfonamides is 1. The minimum absolute atomic E-state index is 0.132. The summed E-state index contributed by atoms with van der Waals surface area (Å²) in [6.45, 7) is 4.56. The lowest BCUT2D eigenvalue weighted by Gasteiger charge is -2.23. The molecule has 30 heavy (non-hydrogen) atoms. The quantitative estimate of drug-likeness (QED) is 0.585. The molecule has 2 heterocycles. The number of rotatable bonds is 5. The van der Waals surface area contributed by atoms with Crippen LogP contribution in [0.15, 0.2) is 47.4 Å². The van der Waals surface area contributed by atoms with Gasteiger partial charge in [-0.25, -0.2) is 13.4 Å². The van der Waals surface area contributed by atoms with Gasteiger partial charge >= 0.3 is 0 Å². The summed E-state index contributed by atoms with van der Waals surface area (Å²) < 4.78 is 28.4. The molecule has 2 aromatic carbocycles. The summed E-state index contributed by atoms with van der Waals surface area (Å²) in [4.78, 5) is 17.6. The van der Waals surface area contributed by atoms with Crippen molar-refractivity contribution in [3.8, 4) is 0 Å². The number of carbonyl (C=O) groups excluding carboxylic acids is 1. The molecule has 0 radical (unpaired) electrons. The third-order valence-corrected chi connectivity index (χ3v) is 8.34. The van der Waals surface area contributed by atoms with E-state index >= 15 is 0 Å². The molecule has 0 spiro atoms. The minimum atomic E-state index is -3.78. The van der Waals surface area contributed by atoms with Gasteiger partial charge in [-0.2, -0.15) is 4.31 Å². The van der Waals surface area contributed by atoms with E-state index in [2.05, 4.69) is 30.2 Å². The summed E-state index contributed by atoms with van der Waals surface area (Å²) in [7, 11) is -3.78. The number of nitrogens with zero attached hydrogens (tertiary/aromatic N) is 2. The van der Waals surface area contributed by atoms with Crippen LogP contribution in [0.2, 0.25) is 5.02 Å². The number of halogens is 1. The number of hydrogen-bond donors (Lipinski definition) is 1. The number of benzene rings is 2. The normalized spacial score (nSPS) is 17.7. The van der Waals surface area contributed by atoms with Gasteiger partial charge in [-0.15, -0.1) is 0 Å². The van der Waals surface area contributed by atoms with Crippen LogP contribution in [0.25, 0.3) is 10.2 Å². The zero-order valence-corrected chi connectivity index (χ0v) is 19.0. The van der Waals surface area contributed by atoms with E-state index < -0.39 is 16.1 Å². The molecule has 1 aliphatic heterocycles. The van der Waals surface area contributed by atoms with Gasteiger partial charge in [-0.3, -0.25) is 4.79 Å². The Morgan fingerprint density at radius 3 is 2.67 bits per heavy atom. The summed E-state index contributed by atoms with van der Waals surface area (Å²) in [5, 5.41) is 3.76. The van der Waals surface area contributed by atoms with Gasteiger partial charge in [0.15, 0.2) is 5.13 Å². The largest absolute Gasteiger partial charge is 0.301 e. The van der Waals surface area contributed by atoms with Crippen LogP contribution in [0.1, 0.15) is 38.2 Å². The first-order valence-corrected chi connectivity index (χ1v) is 12.4. The van der Waals surface area contributed by atoms with Crippen LogP contribution >= 0.6 is 22.9 Å². The zero-order chi connectivity index (χ0) is 21.5. The maximum Gasteiger partial charge on any atom is 0.244 e. The summed E-state index contributed by atoms with van der Waals surface area (Å²) in [6, 6.07) is 11.3. The van der Waals surface area contributed by atoms with E-state index in [1.54, 1.807) is 0 Å². The summed E-state index contributed by atoms with van der Waals surface area (Å²) in [5.74, 6) is 0.0489. The van der Waals surface area contributed by atoms with E-state index in [4.69, 9.17) is 11.6 Å². The fourth-order valence-corrected chi connectivity index (χ4v) is 6.27. The second kappa shape index (κ2) is 8.26. The topological polar surface area (TPSA) is 79.4 Å². The van der Waals surface area contributed by atoms with Crippen molar-refractivity contribution in [1.29, 1.82) is 0 Å². The third-order valence-electron chi connectivity index (χ3n) is 5.24. The molecular formula is C21H22ClN3O3S2. The van der Waals surface area contributed by atoms with Crippen molar-refractivity contribution >= 4 is 54.2 Å². The second-order valence-corrected chi connectivity index (χ2v) is 11.0. The second-order valence-electron chi connectivity index (χ2n) is 7.62. The van der Waals surface area contributed by atoms with Crippen molar-refractivity contribution in [2.24, 2.45) is 0 Å². The van der Waals surface area contributed by atoms with E-state index in [-0.39, 0.29) is 10.8 Å². The van der Waals surface area contributed by atoms with E-state index in [9.17, 15) is 13.2 Å². The molecule has 158 valence electrons. The van der Waals surface area contributed by atoms with Crippen LogP contribution in [0.3, 0.4) is 0 Å². The zero-order valence-electron chi connectivity index (χ0n) is 16.6. The summed E-state index contributed by atoms with van der Waals surface area (Å²) in [5.41, 5.74) is 2.02. The van der Waals surface area contributed by atoms with E-state index in [0.717, 1.165) is 10.2 Å². The molecule has 6 nitrogen and oxygen atoms in total. The first-order chi connectivity index (χ1) is 14.3. The molecule has 4 rings (SSSR count). The number of hydrogen-bond acceptors (Lipinski definition) is 5. The van der Waals surface area contributed by atoms with Crippen LogP contribution < -0.4 is 5.32 Å². The summed E-state index contributed by atoms with van der Waals surface area (Å²) >= 11 is 7.27. The number of nitrogens with one attached hydrogen (secondary N) is 1. The number of amides is 1. The Bertz CT molecular complexity index is 1190. The molecule has 1 amide bonds. The van der Waals surface area contributed by atoms with E-state index in [1.165, 1.54) is 45.5 Å². The lowest BCUT2D eigenvalue weighted by atomic mass is 10.0. The molecule has 0 bridgehead atoms. The Labute approximate surface area is 184 Å². The molecule has 1 aliphatic rings. The molecule has 1 atom stereocenters. The van der Waals surface area contributed by atoms with Gasteiger partial charge in [0, 0.05) is 11.6 Å². The molecule has 1 aromatic heterocycles. The number of aromatic nitrogens is 1. The number of carbonyl (C=O) groups is 1. The van der Waals surface area contributed by atoms with Crippen molar-refractivity contribution < 1.29 is 13.2 Å². The predicted octanol–water partition coefficient (Wildman–Crippen LogP) is 4.86. The van der Waals surface area contributed by atoms with Gasteiger partial charge < -0.3 is 5.32 Å². The Hall–Kier alpha value is -2.00. The number of thiazole rings is 1. The van der Waals surface area contributed by atoms with Crippen LogP contribution in [0, 0.1) is 0 Å². The number of anilines is 1. The molecular weight excluding hydrogens is 442 g/mol. The Kier molecular flexibility index (Phi) is 5.85. The number of fused-ring (bicyclic) bond motifs is 1. The molecule has 1 unspecified atom stereocenters. The molecule has 0 saturated carbocycles. The lowest BCUT2D eigenvalue weighted by Crippen LogP contribution is -2.43. The van der Waals surface area contributed by atoms with Gasteiger partial charge in [0.2, 0.25) is 15.9 Å². The van der Waals surface area contributed by atoms with Gasteiger partial charge in [0.05, 0.1) is 15.1 Å². The highest BCUT2D eigenvalue weighted by atomic mass is 35.5. The average molecular weight is 464 g/mol. The fraction of sp³-hybridized carbons (Fsp3) is 0.333. The first-order valence-electron chi connectivity index (χ1n) is 9.74. The highest BCUT2D eigenvalue weighted by molar-refractivity contribution is 7.89.